The summed E-state index contributed by atoms with van der Waals surface area (Å²) in [7, 11) is 0. The number of nitrogens with zero attached hydrogens (tertiary/aromatic N) is 2. The van der Waals surface area contributed by atoms with Gasteiger partial charge in [-0.25, -0.2) is 9.98 Å². The number of rotatable bonds is 6. The van der Waals surface area contributed by atoms with E-state index in [0.717, 1.165) is 22.9 Å². The highest BCUT2D eigenvalue weighted by Gasteiger charge is 2.11. The maximum atomic E-state index is 10.2. The van der Waals surface area contributed by atoms with Crippen LogP contribution in [0.5, 0.6) is 0 Å². The fourth-order valence-electron chi connectivity index (χ4n) is 1.90. The molecule has 126 valence electrons. The van der Waals surface area contributed by atoms with Gasteiger partial charge in [-0.15, -0.1) is 11.3 Å². The van der Waals surface area contributed by atoms with Crippen LogP contribution in [0.2, 0.25) is 4.34 Å². The van der Waals surface area contributed by atoms with Gasteiger partial charge < -0.3 is 20.2 Å². The first-order valence-corrected chi connectivity index (χ1v) is 8.57. The summed E-state index contributed by atoms with van der Waals surface area (Å²) < 4.78 is 6.17. The summed E-state index contributed by atoms with van der Waals surface area (Å²) in [6.45, 7) is 7.15. The Morgan fingerprint density at radius 1 is 1.43 bits per heavy atom. The molecule has 2 heterocycles. The number of aliphatic hydroxyl groups is 1. The molecule has 0 aliphatic heterocycles. The average Bonchev–Trinajstić information content (AvgIpc) is 3.08. The first-order valence-electron chi connectivity index (χ1n) is 7.38. The molecule has 0 saturated heterocycles. The molecular formula is C15H21ClN4O2S. The van der Waals surface area contributed by atoms with Crippen molar-refractivity contribution in [2.24, 2.45) is 4.99 Å². The number of aliphatic imine (C=N–C) groups is 1. The van der Waals surface area contributed by atoms with Crippen LogP contribution in [-0.2, 0) is 6.54 Å². The van der Waals surface area contributed by atoms with Crippen molar-refractivity contribution in [3.63, 3.8) is 0 Å². The van der Waals surface area contributed by atoms with Crippen LogP contribution in [0.4, 0.5) is 0 Å². The minimum Gasteiger partial charge on any atom is -0.444 e. The molecule has 0 fully saturated rings. The number of aliphatic hydroxyl groups excluding tert-OH is 1. The molecule has 3 N–H and O–H groups in total. The monoisotopic (exact) mass is 356 g/mol. The van der Waals surface area contributed by atoms with Gasteiger partial charge >= 0.3 is 0 Å². The summed E-state index contributed by atoms with van der Waals surface area (Å²) in [6, 6.07) is 3.60. The van der Waals surface area contributed by atoms with Crippen LogP contribution in [0.15, 0.2) is 21.5 Å². The number of hydrogen-bond donors (Lipinski definition) is 3. The Hall–Kier alpha value is -1.57. The molecule has 0 aliphatic carbocycles. The van der Waals surface area contributed by atoms with E-state index < -0.39 is 6.10 Å². The number of aromatic nitrogens is 1. The van der Waals surface area contributed by atoms with Crippen LogP contribution >= 0.6 is 22.9 Å². The van der Waals surface area contributed by atoms with Gasteiger partial charge in [-0.1, -0.05) is 11.6 Å². The van der Waals surface area contributed by atoms with Crippen molar-refractivity contribution in [2.75, 3.05) is 13.1 Å². The molecule has 1 atom stereocenters. The van der Waals surface area contributed by atoms with Crippen molar-refractivity contribution in [1.82, 2.24) is 15.6 Å². The summed E-state index contributed by atoms with van der Waals surface area (Å²) in [5.74, 6) is 1.98. The SMILES string of the molecule is CCNC(=NCc1nc(C)c(C)o1)NCC(O)c1ccc(Cl)s1. The molecule has 8 heteroatoms. The lowest BCUT2D eigenvalue weighted by Gasteiger charge is -2.14. The van der Waals surface area contributed by atoms with E-state index in [4.69, 9.17) is 16.0 Å². The lowest BCUT2D eigenvalue weighted by Crippen LogP contribution is -2.39. The number of nitrogens with one attached hydrogen (secondary N) is 2. The Balaban J connectivity index is 1.93. The maximum absolute atomic E-state index is 10.2. The van der Waals surface area contributed by atoms with Crippen molar-refractivity contribution in [3.05, 3.63) is 38.7 Å². The highest BCUT2D eigenvalue weighted by molar-refractivity contribution is 7.16. The average molecular weight is 357 g/mol. The molecule has 0 spiro atoms. The number of guanidine groups is 1. The van der Waals surface area contributed by atoms with Gasteiger partial charge in [0.15, 0.2) is 5.96 Å². The second-order valence-corrected chi connectivity index (χ2v) is 6.73. The minimum absolute atomic E-state index is 0.338. The Bertz CT molecular complexity index is 649. The van der Waals surface area contributed by atoms with Gasteiger partial charge in [0.05, 0.1) is 10.0 Å². The smallest absolute Gasteiger partial charge is 0.216 e. The van der Waals surface area contributed by atoms with Crippen molar-refractivity contribution >= 4 is 28.9 Å². The quantitative estimate of drug-likeness (QED) is 0.547. The molecule has 0 radical (unpaired) electrons. The third-order valence-electron chi connectivity index (χ3n) is 3.17. The highest BCUT2D eigenvalue weighted by atomic mass is 35.5. The maximum Gasteiger partial charge on any atom is 0.216 e. The minimum atomic E-state index is -0.636. The molecule has 0 saturated carbocycles. The topological polar surface area (TPSA) is 82.7 Å². The molecule has 2 rings (SSSR count). The van der Waals surface area contributed by atoms with Crippen molar-refractivity contribution in [3.8, 4) is 0 Å². The number of hydrogen-bond acceptors (Lipinski definition) is 5. The van der Waals surface area contributed by atoms with E-state index in [0.29, 0.717) is 29.3 Å². The van der Waals surface area contributed by atoms with Crippen molar-refractivity contribution in [2.45, 2.75) is 33.4 Å². The van der Waals surface area contributed by atoms with Crippen LogP contribution in [0, 0.1) is 13.8 Å². The molecule has 0 aromatic carbocycles. The number of halogens is 1. The van der Waals surface area contributed by atoms with E-state index in [1.165, 1.54) is 11.3 Å². The van der Waals surface area contributed by atoms with Crippen molar-refractivity contribution < 1.29 is 9.52 Å². The summed E-state index contributed by atoms with van der Waals surface area (Å²) in [5.41, 5.74) is 0.873. The standard InChI is InChI=1S/C15H21ClN4O2S/c1-4-17-15(19-8-14-20-9(2)10(3)22-14)18-7-11(21)12-5-6-13(16)23-12/h5-6,11,21H,4,7-8H2,1-3H3,(H2,17,18,19). The largest absolute Gasteiger partial charge is 0.444 e. The van der Waals surface area contributed by atoms with Crippen molar-refractivity contribution in [1.29, 1.82) is 0 Å². The van der Waals surface area contributed by atoms with Crippen LogP contribution in [0.1, 0.15) is 35.2 Å². The highest BCUT2D eigenvalue weighted by Crippen LogP contribution is 2.26. The zero-order chi connectivity index (χ0) is 16.8. The molecule has 2 aromatic heterocycles. The van der Waals surface area contributed by atoms with E-state index >= 15 is 0 Å². The summed E-state index contributed by atoms with van der Waals surface area (Å²) in [4.78, 5) is 9.53. The van der Waals surface area contributed by atoms with E-state index in [9.17, 15) is 5.11 Å². The van der Waals surface area contributed by atoms with Gasteiger partial charge in [0.1, 0.15) is 18.4 Å². The molecule has 1 unspecified atom stereocenters. The Morgan fingerprint density at radius 3 is 2.78 bits per heavy atom. The second-order valence-electron chi connectivity index (χ2n) is 4.98. The second kappa shape index (κ2) is 8.33. The predicted octanol–water partition coefficient (Wildman–Crippen LogP) is 2.80. The van der Waals surface area contributed by atoms with Gasteiger partial charge in [-0.3, -0.25) is 0 Å². The molecular weight excluding hydrogens is 336 g/mol. The lowest BCUT2D eigenvalue weighted by atomic mass is 10.3. The van der Waals surface area contributed by atoms with Crippen LogP contribution in [-0.4, -0.2) is 29.1 Å². The van der Waals surface area contributed by atoms with Crippen LogP contribution < -0.4 is 10.6 Å². The zero-order valence-corrected chi connectivity index (χ0v) is 15.0. The molecule has 0 amide bonds. The van der Waals surface area contributed by atoms with Gasteiger partial charge in [0.25, 0.3) is 0 Å². The number of thiophene rings is 1. The van der Waals surface area contributed by atoms with Crippen LogP contribution in [0.25, 0.3) is 0 Å². The van der Waals surface area contributed by atoms with E-state index in [2.05, 4.69) is 20.6 Å². The third kappa shape index (κ3) is 5.23. The number of oxazole rings is 1. The zero-order valence-electron chi connectivity index (χ0n) is 13.4. The Labute approximate surface area is 144 Å². The van der Waals surface area contributed by atoms with E-state index in [1.54, 1.807) is 6.07 Å². The van der Waals surface area contributed by atoms with Gasteiger partial charge in [0, 0.05) is 18.0 Å². The summed E-state index contributed by atoms with van der Waals surface area (Å²) in [5, 5.41) is 16.4. The van der Waals surface area contributed by atoms with E-state index in [1.807, 2.05) is 26.8 Å². The summed E-state index contributed by atoms with van der Waals surface area (Å²) >= 11 is 7.25. The fraction of sp³-hybridized carbons (Fsp3) is 0.467. The lowest BCUT2D eigenvalue weighted by molar-refractivity contribution is 0.184. The molecule has 2 aromatic rings. The van der Waals surface area contributed by atoms with E-state index in [-0.39, 0.29) is 0 Å². The first-order chi connectivity index (χ1) is 11.0. The molecule has 23 heavy (non-hydrogen) atoms. The Morgan fingerprint density at radius 2 is 2.22 bits per heavy atom. The summed E-state index contributed by atoms with van der Waals surface area (Å²) in [6.07, 6.45) is -0.636. The number of aryl methyl sites for hydroxylation is 2. The predicted molar refractivity (Wildman–Crippen MR) is 93.1 cm³/mol. The normalized spacial score (nSPS) is 13.2. The first kappa shape index (κ1) is 17.8. The molecule has 6 nitrogen and oxygen atoms in total. The Kier molecular flexibility index (Phi) is 6.44. The van der Waals surface area contributed by atoms with Gasteiger partial charge in [-0.05, 0) is 32.9 Å². The van der Waals surface area contributed by atoms with Gasteiger partial charge in [-0.2, -0.15) is 0 Å². The van der Waals surface area contributed by atoms with Gasteiger partial charge in [0.2, 0.25) is 5.89 Å². The molecule has 0 bridgehead atoms. The fourth-order valence-corrected chi connectivity index (χ4v) is 2.94. The molecule has 0 aliphatic rings. The van der Waals surface area contributed by atoms with Crippen LogP contribution in [0.3, 0.4) is 0 Å². The third-order valence-corrected chi connectivity index (χ3v) is 4.51.